The SMILES string of the molecule is COC(=O)c1ccccc1S(=O)(=O)N1CCC(C(=O)NC(C)C23CC4CC(CC(C4)C2)C3)CC1. The molecule has 5 aliphatic rings. The van der Waals surface area contributed by atoms with Crippen LogP contribution in [0.2, 0.25) is 0 Å². The number of methoxy groups -OCH3 is 1. The molecule has 1 aliphatic heterocycles. The maximum atomic E-state index is 13.3. The van der Waals surface area contributed by atoms with Crippen LogP contribution in [0.3, 0.4) is 0 Å². The van der Waals surface area contributed by atoms with Gasteiger partial charge in [0.25, 0.3) is 0 Å². The van der Waals surface area contributed by atoms with Gasteiger partial charge in [0.15, 0.2) is 0 Å². The lowest BCUT2D eigenvalue weighted by molar-refractivity contribution is -0.130. The minimum atomic E-state index is -3.85. The molecule has 4 bridgehead atoms. The van der Waals surface area contributed by atoms with Crippen molar-refractivity contribution in [1.29, 1.82) is 0 Å². The average Bonchev–Trinajstić information content (AvgIpc) is 2.82. The fraction of sp³-hybridized carbons (Fsp3) is 0.692. The quantitative estimate of drug-likeness (QED) is 0.618. The summed E-state index contributed by atoms with van der Waals surface area (Å²) in [4.78, 5) is 25.2. The Balaban J connectivity index is 1.21. The normalized spacial score (nSPS) is 32.4. The Labute approximate surface area is 202 Å². The molecule has 34 heavy (non-hydrogen) atoms. The summed E-state index contributed by atoms with van der Waals surface area (Å²) < 4.78 is 32.7. The summed E-state index contributed by atoms with van der Waals surface area (Å²) in [6.45, 7) is 2.72. The molecule has 0 aromatic heterocycles. The molecule has 5 fully saturated rings. The molecule has 1 saturated heterocycles. The summed E-state index contributed by atoms with van der Waals surface area (Å²) in [6, 6.07) is 6.29. The molecular weight excluding hydrogens is 452 g/mol. The number of carbonyl (C=O) groups excluding carboxylic acids is 2. The van der Waals surface area contributed by atoms with Crippen LogP contribution in [0.5, 0.6) is 0 Å². The third-order valence-electron chi connectivity index (χ3n) is 9.10. The van der Waals surface area contributed by atoms with Gasteiger partial charge in [-0.15, -0.1) is 0 Å². The van der Waals surface area contributed by atoms with Crippen molar-refractivity contribution in [2.75, 3.05) is 20.2 Å². The first kappa shape index (κ1) is 23.8. The lowest BCUT2D eigenvalue weighted by Gasteiger charge is -2.59. The number of esters is 1. The van der Waals surface area contributed by atoms with Crippen LogP contribution in [0, 0.1) is 29.1 Å². The van der Waals surface area contributed by atoms with Crippen LogP contribution in [0.25, 0.3) is 0 Å². The van der Waals surface area contributed by atoms with Crippen molar-refractivity contribution < 1.29 is 22.7 Å². The topological polar surface area (TPSA) is 92.8 Å². The predicted octanol–water partition coefficient (Wildman–Crippen LogP) is 3.60. The third-order valence-corrected chi connectivity index (χ3v) is 11.1. The van der Waals surface area contributed by atoms with E-state index in [0.717, 1.165) is 17.8 Å². The summed E-state index contributed by atoms with van der Waals surface area (Å²) in [7, 11) is -2.61. The van der Waals surface area contributed by atoms with Crippen LogP contribution < -0.4 is 5.32 Å². The minimum Gasteiger partial charge on any atom is -0.465 e. The largest absolute Gasteiger partial charge is 0.465 e. The number of sulfonamides is 1. The Bertz CT molecular complexity index is 1030. The van der Waals surface area contributed by atoms with Crippen molar-refractivity contribution >= 4 is 21.9 Å². The first-order chi connectivity index (χ1) is 16.2. The number of hydrogen-bond donors (Lipinski definition) is 1. The molecular formula is C26H36N2O5S. The number of rotatable bonds is 6. The summed E-state index contributed by atoms with van der Waals surface area (Å²) in [6.07, 6.45) is 8.85. The Kier molecular flexibility index (Phi) is 6.25. The molecule has 4 aliphatic carbocycles. The van der Waals surface area contributed by atoms with E-state index in [2.05, 4.69) is 12.2 Å². The van der Waals surface area contributed by atoms with Gasteiger partial charge >= 0.3 is 5.97 Å². The summed E-state index contributed by atoms with van der Waals surface area (Å²) in [5.41, 5.74) is 0.292. The van der Waals surface area contributed by atoms with E-state index in [-0.39, 0.29) is 46.8 Å². The molecule has 7 nitrogen and oxygen atoms in total. The van der Waals surface area contributed by atoms with Crippen LogP contribution in [0.4, 0.5) is 0 Å². The number of nitrogens with zero attached hydrogens (tertiary/aromatic N) is 1. The number of carbonyl (C=O) groups is 2. The van der Waals surface area contributed by atoms with E-state index in [1.54, 1.807) is 12.1 Å². The number of piperidine rings is 1. The van der Waals surface area contributed by atoms with E-state index in [1.165, 1.54) is 62.1 Å². The van der Waals surface area contributed by atoms with E-state index in [1.807, 2.05) is 0 Å². The monoisotopic (exact) mass is 488 g/mol. The molecule has 1 aromatic carbocycles. The number of amides is 1. The molecule has 1 N–H and O–H groups in total. The molecule has 1 amide bonds. The van der Waals surface area contributed by atoms with Gasteiger partial charge in [0.1, 0.15) is 0 Å². The fourth-order valence-corrected chi connectivity index (χ4v) is 9.31. The zero-order valence-corrected chi connectivity index (χ0v) is 21.0. The van der Waals surface area contributed by atoms with Gasteiger partial charge < -0.3 is 10.1 Å². The molecule has 8 heteroatoms. The molecule has 0 radical (unpaired) electrons. The van der Waals surface area contributed by atoms with Crippen LogP contribution >= 0.6 is 0 Å². The average molecular weight is 489 g/mol. The Morgan fingerprint density at radius 1 is 1.03 bits per heavy atom. The van der Waals surface area contributed by atoms with Gasteiger partial charge in [0.2, 0.25) is 15.9 Å². The predicted molar refractivity (Wildman–Crippen MR) is 127 cm³/mol. The first-order valence-corrected chi connectivity index (χ1v) is 14.1. The van der Waals surface area contributed by atoms with Crippen LogP contribution in [-0.4, -0.2) is 50.8 Å². The lowest BCUT2D eigenvalue weighted by atomic mass is 9.48. The number of hydrogen-bond acceptors (Lipinski definition) is 5. The zero-order valence-electron chi connectivity index (χ0n) is 20.2. The van der Waals surface area contributed by atoms with Crippen molar-refractivity contribution in [3.63, 3.8) is 0 Å². The highest BCUT2D eigenvalue weighted by Crippen LogP contribution is 2.61. The minimum absolute atomic E-state index is 0.0364. The summed E-state index contributed by atoms with van der Waals surface area (Å²) >= 11 is 0. The van der Waals surface area contributed by atoms with Crippen molar-refractivity contribution in [3.8, 4) is 0 Å². The fourth-order valence-electron chi connectivity index (χ4n) is 7.66. The molecule has 1 unspecified atom stereocenters. The van der Waals surface area contributed by atoms with Crippen molar-refractivity contribution in [2.24, 2.45) is 29.1 Å². The van der Waals surface area contributed by atoms with E-state index in [0.29, 0.717) is 12.8 Å². The standard InChI is InChI=1S/C26H36N2O5S/c1-17(26-14-18-11-19(15-26)13-20(12-18)16-26)27-24(29)21-7-9-28(10-8-21)34(31,32)23-6-4-3-5-22(23)25(30)33-2/h3-6,17-21H,7-16H2,1-2H3,(H,27,29). The van der Waals surface area contributed by atoms with Crippen LogP contribution in [0.15, 0.2) is 29.2 Å². The second-order valence-corrected chi connectivity index (χ2v) is 13.1. The number of benzene rings is 1. The van der Waals surface area contributed by atoms with Crippen LogP contribution in [0.1, 0.15) is 68.6 Å². The number of nitrogens with one attached hydrogen (secondary N) is 1. The van der Waals surface area contributed by atoms with Gasteiger partial charge in [-0.25, -0.2) is 13.2 Å². The Morgan fingerprint density at radius 2 is 1.59 bits per heavy atom. The molecule has 0 spiro atoms. The molecule has 1 atom stereocenters. The van der Waals surface area contributed by atoms with Crippen molar-refractivity contribution in [2.45, 2.75) is 69.2 Å². The molecule has 186 valence electrons. The summed E-state index contributed by atoms with van der Waals surface area (Å²) in [5, 5.41) is 3.36. The first-order valence-electron chi connectivity index (χ1n) is 12.7. The Hall–Kier alpha value is -1.93. The maximum absolute atomic E-state index is 13.3. The highest BCUT2D eigenvalue weighted by Gasteiger charge is 2.53. The molecule has 4 saturated carbocycles. The van der Waals surface area contributed by atoms with E-state index in [9.17, 15) is 18.0 Å². The van der Waals surface area contributed by atoms with Gasteiger partial charge in [0, 0.05) is 25.0 Å². The van der Waals surface area contributed by atoms with Gasteiger partial charge in [0.05, 0.1) is 17.6 Å². The van der Waals surface area contributed by atoms with Gasteiger partial charge in [-0.05, 0) is 93.6 Å². The zero-order chi connectivity index (χ0) is 24.1. The maximum Gasteiger partial charge on any atom is 0.339 e. The van der Waals surface area contributed by atoms with E-state index < -0.39 is 16.0 Å². The van der Waals surface area contributed by atoms with E-state index in [4.69, 9.17) is 4.74 Å². The molecule has 1 heterocycles. The van der Waals surface area contributed by atoms with Gasteiger partial charge in [-0.3, -0.25) is 4.79 Å². The molecule has 1 aromatic rings. The van der Waals surface area contributed by atoms with Crippen LogP contribution in [-0.2, 0) is 19.6 Å². The Morgan fingerprint density at radius 3 is 2.15 bits per heavy atom. The van der Waals surface area contributed by atoms with Crippen molar-refractivity contribution in [1.82, 2.24) is 9.62 Å². The lowest BCUT2D eigenvalue weighted by Crippen LogP contribution is -2.56. The second kappa shape index (κ2) is 8.94. The number of ether oxygens (including phenoxy) is 1. The smallest absolute Gasteiger partial charge is 0.339 e. The van der Waals surface area contributed by atoms with Crippen molar-refractivity contribution in [3.05, 3.63) is 29.8 Å². The van der Waals surface area contributed by atoms with Gasteiger partial charge in [-0.2, -0.15) is 4.31 Å². The highest BCUT2D eigenvalue weighted by atomic mass is 32.2. The third kappa shape index (κ3) is 4.17. The second-order valence-electron chi connectivity index (χ2n) is 11.2. The highest BCUT2D eigenvalue weighted by molar-refractivity contribution is 7.89. The molecule has 6 rings (SSSR count). The summed E-state index contributed by atoms with van der Waals surface area (Å²) in [5.74, 6) is 1.73. The van der Waals surface area contributed by atoms with Gasteiger partial charge in [-0.1, -0.05) is 12.1 Å². The van der Waals surface area contributed by atoms with E-state index >= 15 is 0 Å².